The van der Waals surface area contributed by atoms with Gasteiger partial charge in [-0.2, -0.15) is 0 Å². The van der Waals surface area contributed by atoms with Gasteiger partial charge in [0.05, 0.1) is 0 Å². The molecule has 0 radical (unpaired) electrons. The highest BCUT2D eigenvalue weighted by atomic mass is 31.0. The first-order chi connectivity index (χ1) is 8.81. The van der Waals surface area contributed by atoms with E-state index in [2.05, 4.69) is 56.1 Å². The van der Waals surface area contributed by atoms with E-state index in [1.807, 2.05) is 0 Å². The normalized spacial score (nSPS) is 18.1. The molecule has 1 heteroatoms. The summed E-state index contributed by atoms with van der Waals surface area (Å²) in [4.78, 5) is 0. The van der Waals surface area contributed by atoms with E-state index in [-0.39, 0.29) is 0 Å². The Labute approximate surface area is 111 Å². The zero-order valence-electron chi connectivity index (χ0n) is 11.0. The lowest BCUT2D eigenvalue weighted by Gasteiger charge is -2.12. The van der Waals surface area contributed by atoms with Crippen molar-refractivity contribution in [3.05, 3.63) is 58.1 Å². The molecule has 1 aliphatic carbocycles. The SMILES string of the molecule is CCCc1cc[pH]c1C1=Cc2ccccc2C1C. The van der Waals surface area contributed by atoms with Crippen molar-refractivity contribution in [1.29, 1.82) is 0 Å². The maximum atomic E-state index is 2.41. The summed E-state index contributed by atoms with van der Waals surface area (Å²) in [5.41, 5.74) is 6.04. The van der Waals surface area contributed by atoms with Crippen molar-refractivity contribution in [2.75, 3.05) is 0 Å². The van der Waals surface area contributed by atoms with Crippen molar-refractivity contribution >= 4 is 19.8 Å². The molecule has 0 nitrogen and oxygen atoms in total. The molecule has 2 atom stereocenters. The van der Waals surface area contributed by atoms with Crippen molar-refractivity contribution in [3.63, 3.8) is 0 Å². The number of hydrogen-bond acceptors (Lipinski definition) is 0. The Morgan fingerprint density at radius 3 is 2.78 bits per heavy atom. The molecule has 0 fully saturated rings. The van der Waals surface area contributed by atoms with Gasteiger partial charge in [-0.05, 0) is 45.9 Å². The zero-order valence-corrected chi connectivity index (χ0v) is 12.0. The molecule has 0 saturated carbocycles. The van der Waals surface area contributed by atoms with Gasteiger partial charge in [0.2, 0.25) is 0 Å². The molecule has 1 aromatic carbocycles. The molecule has 0 spiro atoms. The number of benzene rings is 1. The highest BCUT2D eigenvalue weighted by Crippen LogP contribution is 2.45. The highest BCUT2D eigenvalue weighted by Gasteiger charge is 2.23. The lowest BCUT2D eigenvalue weighted by Crippen LogP contribution is -1.93. The fraction of sp³-hybridized carbons (Fsp3) is 0.294. The Morgan fingerprint density at radius 1 is 1.17 bits per heavy atom. The summed E-state index contributed by atoms with van der Waals surface area (Å²) < 4.78 is 0. The predicted octanol–water partition coefficient (Wildman–Crippen LogP) is 5.33. The molecule has 18 heavy (non-hydrogen) atoms. The summed E-state index contributed by atoms with van der Waals surface area (Å²) in [6.07, 6.45) is 4.87. The second-order valence-corrected chi connectivity index (χ2v) is 6.20. The van der Waals surface area contributed by atoms with E-state index in [9.17, 15) is 0 Å². The molecule has 0 bridgehead atoms. The minimum Gasteiger partial charge on any atom is -0.132 e. The van der Waals surface area contributed by atoms with Crippen LogP contribution in [0.1, 0.15) is 48.2 Å². The molecular weight excluding hydrogens is 235 g/mol. The van der Waals surface area contributed by atoms with Gasteiger partial charge in [0, 0.05) is 5.92 Å². The molecule has 1 heterocycles. The summed E-state index contributed by atoms with van der Waals surface area (Å²) in [6.45, 7) is 4.61. The Bertz CT molecular complexity index is 589. The van der Waals surface area contributed by atoms with Crippen LogP contribution in [0.4, 0.5) is 0 Å². The highest BCUT2D eigenvalue weighted by molar-refractivity contribution is 7.31. The number of fused-ring (bicyclic) bond motifs is 1. The summed E-state index contributed by atoms with van der Waals surface area (Å²) >= 11 is 0. The molecule has 1 aliphatic rings. The maximum Gasteiger partial charge on any atom is 0.00763 e. The van der Waals surface area contributed by atoms with E-state index < -0.39 is 0 Å². The Balaban J connectivity index is 2.02. The molecule has 2 aromatic rings. The van der Waals surface area contributed by atoms with E-state index in [0.29, 0.717) is 5.92 Å². The molecule has 0 saturated heterocycles. The molecule has 1 aromatic heterocycles. The predicted molar refractivity (Wildman–Crippen MR) is 82.7 cm³/mol. The molecule has 0 aliphatic heterocycles. The van der Waals surface area contributed by atoms with Gasteiger partial charge in [0.1, 0.15) is 0 Å². The average molecular weight is 254 g/mol. The van der Waals surface area contributed by atoms with Gasteiger partial charge < -0.3 is 0 Å². The Hall–Kier alpha value is -1.26. The van der Waals surface area contributed by atoms with Gasteiger partial charge in [-0.25, -0.2) is 0 Å². The van der Waals surface area contributed by atoms with Crippen LogP contribution in [0.5, 0.6) is 0 Å². The van der Waals surface area contributed by atoms with Crippen molar-refractivity contribution in [1.82, 2.24) is 0 Å². The third-order valence-electron chi connectivity index (χ3n) is 3.88. The summed E-state index contributed by atoms with van der Waals surface area (Å²) in [6, 6.07) is 11.2. The smallest absolute Gasteiger partial charge is 0.00763 e. The minimum absolute atomic E-state index is 0.565. The van der Waals surface area contributed by atoms with Crippen molar-refractivity contribution < 1.29 is 0 Å². The van der Waals surface area contributed by atoms with Crippen molar-refractivity contribution in [2.45, 2.75) is 32.6 Å². The maximum absolute atomic E-state index is 2.41. The first-order valence-electron chi connectivity index (χ1n) is 6.78. The summed E-state index contributed by atoms with van der Waals surface area (Å²) in [5, 5.41) is 1.61. The standard InChI is InChI=1S/C17H19P/c1-3-6-13-9-10-18-17(13)16-11-14-7-4-5-8-15(14)12(16)2/h4-5,7-12,18H,3,6H2,1-2H3. The Morgan fingerprint density at radius 2 is 2.00 bits per heavy atom. The zero-order chi connectivity index (χ0) is 12.5. The average Bonchev–Trinajstić information content (AvgIpc) is 2.96. The van der Waals surface area contributed by atoms with E-state index in [4.69, 9.17) is 0 Å². The monoisotopic (exact) mass is 254 g/mol. The fourth-order valence-corrected chi connectivity index (χ4v) is 4.23. The van der Waals surface area contributed by atoms with Gasteiger partial charge in [-0.3, -0.25) is 0 Å². The van der Waals surface area contributed by atoms with Crippen LogP contribution >= 0.6 is 8.19 Å². The largest absolute Gasteiger partial charge is 0.132 e. The van der Waals surface area contributed by atoms with E-state index >= 15 is 0 Å². The van der Waals surface area contributed by atoms with Crippen LogP contribution in [0, 0.1) is 0 Å². The number of aryl methyl sites for hydroxylation is 1. The first kappa shape index (κ1) is 11.8. The molecule has 2 unspecified atom stereocenters. The minimum atomic E-state index is 0.565. The number of allylic oxidation sites excluding steroid dienone is 1. The summed E-state index contributed by atoms with van der Waals surface area (Å²) in [7, 11) is 0.868. The topological polar surface area (TPSA) is 0 Å². The quantitative estimate of drug-likeness (QED) is 0.694. The molecule has 0 N–H and O–H groups in total. The lowest BCUT2D eigenvalue weighted by atomic mass is 9.95. The van der Waals surface area contributed by atoms with Crippen LogP contribution in [0.3, 0.4) is 0 Å². The van der Waals surface area contributed by atoms with Crippen LogP contribution in [-0.2, 0) is 6.42 Å². The summed E-state index contributed by atoms with van der Waals surface area (Å²) in [5.74, 6) is 2.91. The van der Waals surface area contributed by atoms with Crippen LogP contribution < -0.4 is 0 Å². The van der Waals surface area contributed by atoms with Gasteiger partial charge in [-0.1, -0.05) is 50.6 Å². The van der Waals surface area contributed by atoms with Gasteiger partial charge in [0.25, 0.3) is 0 Å². The molecule has 92 valence electrons. The Kier molecular flexibility index (Phi) is 3.14. The van der Waals surface area contributed by atoms with E-state index in [0.717, 1.165) is 8.19 Å². The molecular formula is C17H19P. The molecule has 3 rings (SSSR count). The number of hydrogen-bond donors (Lipinski definition) is 0. The second-order valence-electron chi connectivity index (χ2n) is 5.08. The van der Waals surface area contributed by atoms with Gasteiger partial charge in [-0.15, -0.1) is 8.19 Å². The fourth-order valence-electron chi connectivity index (χ4n) is 2.93. The lowest BCUT2D eigenvalue weighted by molar-refractivity contribution is 0.919. The molecule has 0 amide bonds. The van der Waals surface area contributed by atoms with Gasteiger partial charge >= 0.3 is 0 Å². The van der Waals surface area contributed by atoms with Crippen LogP contribution in [0.15, 0.2) is 36.1 Å². The van der Waals surface area contributed by atoms with Crippen LogP contribution in [0.25, 0.3) is 11.6 Å². The number of rotatable bonds is 3. The van der Waals surface area contributed by atoms with Crippen LogP contribution in [0.2, 0.25) is 0 Å². The first-order valence-corrected chi connectivity index (χ1v) is 7.86. The third-order valence-corrected chi connectivity index (χ3v) is 5.11. The van der Waals surface area contributed by atoms with Crippen molar-refractivity contribution in [3.8, 4) is 0 Å². The van der Waals surface area contributed by atoms with Crippen LogP contribution in [-0.4, -0.2) is 0 Å². The van der Waals surface area contributed by atoms with E-state index in [1.165, 1.54) is 24.0 Å². The van der Waals surface area contributed by atoms with Gasteiger partial charge in [0.15, 0.2) is 0 Å². The second kappa shape index (κ2) is 4.78. The van der Waals surface area contributed by atoms with E-state index in [1.54, 1.807) is 16.4 Å². The van der Waals surface area contributed by atoms with Crippen molar-refractivity contribution in [2.24, 2.45) is 0 Å². The third kappa shape index (κ3) is 1.85.